The molecule has 2 amide bonds. The molecule has 0 saturated carbocycles. The largest absolute Gasteiger partial charge is 0.368 e. The molecule has 1 atom stereocenters. The number of hydrogen-bond acceptors (Lipinski definition) is 2. The Labute approximate surface area is 145 Å². The van der Waals surface area contributed by atoms with Crippen molar-refractivity contribution in [3.05, 3.63) is 70.3 Å². The zero-order valence-electron chi connectivity index (χ0n) is 14.1. The molecule has 0 unspecified atom stereocenters. The van der Waals surface area contributed by atoms with Crippen LogP contribution in [0.4, 0.5) is 8.78 Å². The van der Waals surface area contributed by atoms with Crippen LogP contribution in [0.25, 0.3) is 0 Å². The van der Waals surface area contributed by atoms with Gasteiger partial charge < -0.3 is 11.1 Å². The molecule has 132 valence electrons. The van der Waals surface area contributed by atoms with Crippen molar-refractivity contribution < 1.29 is 18.4 Å². The monoisotopic (exact) mass is 346 g/mol. The number of nitrogens with two attached hydrogens (primary N) is 1. The van der Waals surface area contributed by atoms with Gasteiger partial charge in [-0.3, -0.25) is 9.59 Å². The van der Waals surface area contributed by atoms with Crippen LogP contribution in [-0.4, -0.2) is 17.9 Å². The third-order valence-corrected chi connectivity index (χ3v) is 3.98. The Bertz CT molecular complexity index is 786. The van der Waals surface area contributed by atoms with Crippen molar-refractivity contribution in [3.8, 4) is 0 Å². The van der Waals surface area contributed by atoms with Gasteiger partial charge in [-0.15, -0.1) is 0 Å². The minimum Gasteiger partial charge on any atom is -0.368 e. The number of halogens is 2. The van der Waals surface area contributed by atoms with Gasteiger partial charge in [-0.2, -0.15) is 0 Å². The Hall–Kier alpha value is -2.76. The molecule has 6 heteroatoms. The average Bonchev–Trinajstić information content (AvgIpc) is 2.49. The number of primary amides is 1. The Morgan fingerprint density at radius 1 is 1.00 bits per heavy atom. The van der Waals surface area contributed by atoms with E-state index >= 15 is 0 Å². The van der Waals surface area contributed by atoms with Crippen molar-refractivity contribution >= 4 is 11.8 Å². The van der Waals surface area contributed by atoms with Crippen LogP contribution in [0.2, 0.25) is 0 Å². The molecule has 0 bridgehead atoms. The fourth-order valence-electron chi connectivity index (χ4n) is 2.53. The van der Waals surface area contributed by atoms with Crippen LogP contribution in [-0.2, 0) is 22.4 Å². The zero-order chi connectivity index (χ0) is 18.6. The van der Waals surface area contributed by atoms with E-state index in [9.17, 15) is 18.4 Å². The first-order chi connectivity index (χ1) is 11.7. The van der Waals surface area contributed by atoms with Crippen molar-refractivity contribution in [3.63, 3.8) is 0 Å². The van der Waals surface area contributed by atoms with E-state index in [4.69, 9.17) is 5.73 Å². The number of nitrogens with one attached hydrogen (secondary N) is 1. The summed E-state index contributed by atoms with van der Waals surface area (Å²) in [6.45, 7) is 3.93. The Kier molecular flexibility index (Phi) is 5.85. The smallest absolute Gasteiger partial charge is 0.240 e. The van der Waals surface area contributed by atoms with Crippen LogP contribution in [0.15, 0.2) is 36.4 Å². The lowest BCUT2D eigenvalue weighted by Gasteiger charge is -2.16. The van der Waals surface area contributed by atoms with Gasteiger partial charge in [-0.05, 0) is 48.2 Å². The first-order valence-electron chi connectivity index (χ1n) is 7.84. The number of carbonyl (C=O) groups excluding carboxylic acids is 2. The molecule has 0 aliphatic rings. The van der Waals surface area contributed by atoms with Gasteiger partial charge in [0.05, 0.1) is 6.42 Å². The van der Waals surface area contributed by atoms with E-state index in [0.717, 1.165) is 34.9 Å². The van der Waals surface area contributed by atoms with Gasteiger partial charge >= 0.3 is 0 Å². The van der Waals surface area contributed by atoms with Gasteiger partial charge in [0.2, 0.25) is 11.8 Å². The van der Waals surface area contributed by atoms with Crippen LogP contribution >= 0.6 is 0 Å². The number of aryl methyl sites for hydroxylation is 2. The number of rotatable bonds is 6. The third-order valence-electron chi connectivity index (χ3n) is 3.98. The average molecular weight is 346 g/mol. The molecular formula is C19H20F2N2O2. The second-order valence-corrected chi connectivity index (χ2v) is 6.10. The summed E-state index contributed by atoms with van der Waals surface area (Å²) in [4.78, 5) is 23.7. The van der Waals surface area contributed by atoms with Crippen LogP contribution in [0.1, 0.15) is 22.3 Å². The van der Waals surface area contributed by atoms with E-state index in [1.807, 2.05) is 32.0 Å². The first kappa shape index (κ1) is 18.6. The Balaban J connectivity index is 2.06. The topological polar surface area (TPSA) is 72.2 Å². The summed E-state index contributed by atoms with van der Waals surface area (Å²) in [6.07, 6.45) is 0.00505. The molecule has 0 fully saturated rings. The molecule has 4 nitrogen and oxygen atoms in total. The summed E-state index contributed by atoms with van der Waals surface area (Å²) in [5.41, 5.74) is 8.61. The molecule has 2 rings (SSSR count). The highest BCUT2D eigenvalue weighted by molar-refractivity contribution is 5.87. The Morgan fingerprint density at radius 2 is 1.64 bits per heavy atom. The third kappa shape index (κ3) is 5.38. The van der Waals surface area contributed by atoms with E-state index in [2.05, 4.69) is 5.32 Å². The normalized spacial score (nSPS) is 11.8. The molecule has 0 aliphatic heterocycles. The summed E-state index contributed by atoms with van der Waals surface area (Å²) >= 11 is 0. The van der Waals surface area contributed by atoms with E-state index in [1.54, 1.807) is 0 Å². The summed E-state index contributed by atoms with van der Waals surface area (Å²) in [5, 5.41) is 2.53. The zero-order valence-corrected chi connectivity index (χ0v) is 14.1. The van der Waals surface area contributed by atoms with Crippen LogP contribution in [0.5, 0.6) is 0 Å². The van der Waals surface area contributed by atoms with Crippen molar-refractivity contribution in [1.82, 2.24) is 5.32 Å². The number of carbonyl (C=O) groups is 2. The second kappa shape index (κ2) is 7.88. The van der Waals surface area contributed by atoms with Gasteiger partial charge in [-0.25, -0.2) is 8.78 Å². The molecule has 25 heavy (non-hydrogen) atoms. The fourth-order valence-corrected chi connectivity index (χ4v) is 2.53. The van der Waals surface area contributed by atoms with Crippen molar-refractivity contribution in [2.24, 2.45) is 5.73 Å². The fraction of sp³-hybridized carbons (Fsp3) is 0.263. The molecular weight excluding hydrogens is 326 g/mol. The summed E-state index contributed by atoms with van der Waals surface area (Å²) in [7, 11) is 0. The molecule has 0 heterocycles. The standard InChI is InChI=1S/C19H20F2N2O2/c1-11-3-4-13(5-12(11)2)8-17(19(22)25)23-18(24)9-14-6-15(20)10-16(21)7-14/h3-7,10,17H,8-9H2,1-2H3,(H2,22,25)(H,23,24)/t17-/m0/s1. The highest BCUT2D eigenvalue weighted by Crippen LogP contribution is 2.12. The minimum absolute atomic E-state index is 0.185. The lowest BCUT2D eigenvalue weighted by atomic mass is 10.0. The van der Waals surface area contributed by atoms with Gasteiger partial charge in [0.15, 0.2) is 0 Å². The molecule has 0 aromatic heterocycles. The van der Waals surface area contributed by atoms with Crippen molar-refractivity contribution in [1.29, 1.82) is 0 Å². The quantitative estimate of drug-likeness (QED) is 0.843. The minimum atomic E-state index is -0.895. The highest BCUT2D eigenvalue weighted by Gasteiger charge is 2.19. The van der Waals surface area contributed by atoms with E-state index in [1.165, 1.54) is 0 Å². The van der Waals surface area contributed by atoms with E-state index < -0.39 is 29.5 Å². The maximum absolute atomic E-state index is 13.2. The SMILES string of the molecule is Cc1ccc(C[C@H](NC(=O)Cc2cc(F)cc(F)c2)C(N)=O)cc1C. The summed E-state index contributed by atoms with van der Waals surface area (Å²) < 4.78 is 26.4. The molecule has 0 aliphatic carbocycles. The van der Waals surface area contributed by atoms with Crippen LogP contribution < -0.4 is 11.1 Å². The highest BCUT2D eigenvalue weighted by atomic mass is 19.1. The number of amides is 2. The molecule has 0 radical (unpaired) electrons. The van der Waals surface area contributed by atoms with Crippen molar-refractivity contribution in [2.75, 3.05) is 0 Å². The molecule has 0 spiro atoms. The maximum Gasteiger partial charge on any atom is 0.240 e. The van der Waals surface area contributed by atoms with Gasteiger partial charge in [0.25, 0.3) is 0 Å². The molecule has 3 N–H and O–H groups in total. The maximum atomic E-state index is 13.2. The Morgan fingerprint density at radius 3 is 2.20 bits per heavy atom. The van der Waals surface area contributed by atoms with Gasteiger partial charge in [0.1, 0.15) is 17.7 Å². The lowest BCUT2D eigenvalue weighted by molar-refractivity contribution is -0.127. The second-order valence-electron chi connectivity index (χ2n) is 6.10. The number of benzene rings is 2. The lowest BCUT2D eigenvalue weighted by Crippen LogP contribution is -2.46. The van der Waals surface area contributed by atoms with Crippen LogP contribution in [0.3, 0.4) is 0 Å². The predicted octanol–water partition coefficient (Wildman–Crippen LogP) is 2.34. The molecule has 0 saturated heterocycles. The van der Waals surface area contributed by atoms with E-state index in [-0.39, 0.29) is 18.4 Å². The molecule has 2 aromatic rings. The summed E-state index contributed by atoms with van der Waals surface area (Å²) in [5.74, 6) is -2.72. The number of hydrogen-bond donors (Lipinski definition) is 2. The van der Waals surface area contributed by atoms with Gasteiger partial charge in [-0.1, -0.05) is 18.2 Å². The first-order valence-corrected chi connectivity index (χ1v) is 7.84. The van der Waals surface area contributed by atoms with Crippen molar-refractivity contribution in [2.45, 2.75) is 32.7 Å². The molecule has 2 aromatic carbocycles. The van der Waals surface area contributed by atoms with E-state index in [0.29, 0.717) is 0 Å². The predicted molar refractivity (Wildman–Crippen MR) is 90.8 cm³/mol. The van der Waals surface area contributed by atoms with Gasteiger partial charge in [0, 0.05) is 12.5 Å². The van der Waals surface area contributed by atoms with Crippen LogP contribution in [0, 0.1) is 25.5 Å². The summed E-state index contributed by atoms with van der Waals surface area (Å²) in [6, 6.07) is 7.71.